The van der Waals surface area contributed by atoms with Crippen LogP contribution in [0.15, 0.2) is 41.3 Å². The van der Waals surface area contributed by atoms with Crippen LogP contribution in [0.25, 0.3) is 0 Å². The third-order valence-corrected chi connectivity index (χ3v) is 10.9. The molecule has 0 amide bonds. The lowest BCUT2D eigenvalue weighted by Crippen LogP contribution is -2.70. The van der Waals surface area contributed by atoms with E-state index in [1.165, 1.54) is 30.4 Å². The molecule has 200 valence electrons. The minimum atomic E-state index is -2.26. The Morgan fingerprint density at radius 1 is 1.32 bits per heavy atom. The molecule has 1 aromatic rings. The van der Waals surface area contributed by atoms with Crippen LogP contribution >= 0.6 is 11.3 Å². The fourth-order valence-corrected chi connectivity index (χ4v) is 9.20. The first kappa shape index (κ1) is 25.3. The van der Waals surface area contributed by atoms with Gasteiger partial charge in [-0.25, -0.2) is 18.0 Å². The van der Waals surface area contributed by atoms with E-state index in [2.05, 4.69) is 0 Å². The first-order valence-corrected chi connectivity index (χ1v) is 13.5. The van der Waals surface area contributed by atoms with Crippen LogP contribution in [0.4, 0.5) is 13.2 Å². The summed E-state index contributed by atoms with van der Waals surface area (Å²) >= 11 is 1.54. The van der Waals surface area contributed by atoms with E-state index in [1.807, 2.05) is 17.5 Å². The number of hydrogen-bond acceptors (Lipinski definition) is 7. The van der Waals surface area contributed by atoms with Crippen LogP contribution in [0, 0.1) is 28.6 Å². The van der Waals surface area contributed by atoms with E-state index in [9.17, 15) is 19.1 Å². The minimum absolute atomic E-state index is 0.0459. The predicted molar refractivity (Wildman–Crippen MR) is 128 cm³/mol. The number of carbonyl (C=O) groups excluding carboxylic acids is 2. The van der Waals surface area contributed by atoms with Crippen LogP contribution in [0.5, 0.6) is 0 Å². The number of ether oxygens (including phenoxy) is 1. The van der Waals surface area contributed by atoms with Crippen LogP contribution < -0.4 is 0 Å². The summed E-state index contributed by atoms with van der Waals surface area (Å²) in [5.41, 5.74) is -6.50. The monoisotopic (exact) mass is 537 g/mol. The van der Waals surface area contributed by atoms with Crippen molar-refractivity contribution in [2.75, 3.05) is 13.4 Å². The Bertz CT molecular complexity index is 1190. The lowest BCUT2D eigenvalue weighted by molar-refractivity contribution is -0.278. The quantitative estimate of drug-likeness (QED) is 0.579. The second-order valence-corrected chi connectivity index (χ2v) is 12.6. The molecule has 1 aliphatic heterocycles. The summed E-state index contributed by atoms with van der Waals surface area (Å²) in [6, 6.07) is 3.85. The summed E-state index contributed by atoms with van der Waals surface area (Å²) in [7, 11) is 0. The highest BCUT2D eigenvalue weighted by molar-refractivity contribution is 7.09. The number of hydroxylamine groups is 2. The van der Waals surface area contributed by atoms with Gasteiger partial charge in [0.25, 0.3) is 0 Å². The maximum atomic E-state index is 17.4. The molecule has 3 saturated carbocycles. The van der Waals surface area contributed by atoms with Crippen molar-refractivity contribution in [3.63, 3.8) is 0 Å². The van der Waals surface area contributed by atoms with Crippen LogP contribution in [-0.4, -0.2) is 58.9 Å². The Labute approximate surface area is 217 Å². The number of nitrogens with zero attached hydrogens (tertiary/aromatic N) is 1. The third-order valence-electron chi connectivity index (χ3n) is 10.1. The van der Waals surface area contributed by atoms with Crippen molar-refractivity contribution in [3.05, 3.63) is 46.2 Å². The van der Waals surface area contributed by atoms with E-state index in [4.69, 9.17) is 9.57 Å². The number of aliphatic hydroxyl groups excluding tert-OH is 1. The highest BCUT2D eigenvalue weighted by Crippen LogP contribution is 2.72. The summed E-state index contributed by atoms with van der Waals surface area (Å²) in [6.45, 7) is 2.71. The second kappa shape index (κ2) is 8.24. The van der Waals surface area contributed by atoms with Crippen molar-refractivity contribution in [1.29, 1.82) is 0 Å². The van der Waals surface area contributed by atoms with Crippen LogP contribution in [0.2, 0.25) is 0 Å². The number of ketones is 1. The number of aliphatic hydroxyl groups is 1. The molecule has 6 nitrogen and oxygen atoms in total. The molecule has 0 spiro atoms. The lowest BCUT2D eigenvalue weighted by atomic mass is 9.44. The van der Waals surface area contributed by atoms with Gasteiger partial charge in [0, 0.05) is 34.1 Å². The summed E-state index contributed by atoms with van der Waals surface area (Å²) in [4.78, 5) is 32.9. The fourth-order valence-electron chi connectivity index (χ4n) is 8.49. The molecule has 9 atom stereocenters. The molecule has 0 radical (unpaired) electrons. The second-order valence-electron chi connectivity index (χ2n) is 11.6. The molecule has 1 aromatic heterocycles. The van der Waals surface area contributed by atoms with Gasteiger partial charge in [-0.1, -0.05) is 19.1 Å². The Morgan fingerprint density at radius 2 is 2.11 bits per heavy atom. The standard InChI is InChI=1S/C27H30F3NO5S/c1-24-6-5-16(32)9-20(24)21(29)10-19-18-8-15-12-31(13-17-4-3-7-37-17)36-27(15,23(34)35-14-28)25(18,2)11-22(33)26(19,24)30/h3-7,9,15,18-19,21-22,33H,8,10-14H2,1-2H3/t15-,18-,19-,21-,22-,24-,25-,26-,27-/m0/s1. The van der Waals surface area contributed by atoms with Crippen LogP contribution in [0.3, 0.4) is 0 Å². The molecule has 10 heteroatoms. The molecule has 0 unspecified atom stereocenters. The van der Waals surface area contributed by atoms with Crippen LogP contribution in [0.1, 0.15) is 38.0 Å². The van der Waals surface area contributed by atoms with E-state index in [1.54, 1.807) is 12.0 Å². The molecule has 37 heavy (non-hydrogen) atoms. The van der Waals surface area contributed by atoms with Crippen molar-refractivity contribution < 1.29 is 37.4 Å². The average molecular weight is 538 g/mol. The number of hydrogen-bond donors (Lipinski definition) is 1. The van der Waals surface area contributed by atoms with Crippen molar-refractivity contribution in [1.82, 2.24) is 5.06 Å². The van der Waals surface area contributed by atoms with E-state index in [-0.39, 0.29) is 18.4 Å². The van der Waals surface area contributed by atoms with E-state index < -0.39 is 70.7 Å². The molecule has 0 aromatic carbocycles. The largest absolute Gasteiger partial charge is 0.432 e. The van der Waals surface area contributed by atoms with E-state index >= 15 is 8.78 Å². The number of allylic oxidation sites excluding steroid dienone is 4. The molecule has 2 heterocycles. The number of rotatable bonds is 4. The van der Waals surface area contributed by atoms with Gasteiger partial charge in [-0.15, -0.1) is 11.3 Å². The number of alkyl halides is 3. The zero-order chi connectivity index (χ0) is 26.4. The zero-order valence-corrected chi connectivity index (χ0v) is 21.5. The molecule has 4 aliphatic carbocycles. The maximum Gasteiger partial charge on any atom is 0.343 e. The summed E-state index contributed by atoms with van der Waals surface area (Å²) in [5, 5.41) is 15.1. The SMILES string of the molecule is C[C@]12C=CC(=O)C=C1[C@@H](F)C[C@H]1[C@@H]3C[C@H]4CN(Cc5cccs5)O[C@@]4(C(=O)OCF)[C@@]3(C)C[C@H](O)[C@@]12F. The van der Waals surface area contributed by atoms with Gasteiger partial charge in [0.05, 0.1) is 12.6 Å². The summed E-state index contributed by atoms with van der Waals surface area (Å²) in [5.74, 6) is -3.23. The smallest absolute Gasteiger partial charge is 0.343 e. The van der Waals surface area contributed by atoms with Crippen molar-refractivity contribution in [2.45, 2.75) is 63.2 Å². The Morgan fingerprint density at radius 3 is 2.81 bits per heavy atom. The van der Waals surface area contributed by atoms with Gasteiger partial charge >= 0.3 is 5.97 Å². The summed E-state index contributed by atoms with van der Waals surface area (Å²) in [6.07, 6.45) is 0.568. The summed E-state index contributed by atoms with van der Waals surface area (Å²) < 4.78 is 51.2. The third kappa shape index (κ3) is 3.10. The van der Waals surface area contributed by atoms with E-state index in [0.717, 1.165) is 11.0 Å². The zero-order valence-electron chi connectivity index (χ0n) is 20.7. The molecule has 0 bridgehead atoms. The number of thiophene rings is 1. The molecule has 1 N–H and O–H groups in total. The first-order chi connectivity index (χ1) is 17.5. The first-order valence-electron chi connectivity index (χ1n) is 12.7. The van der Waals surface area contributed by atoms with Gasteiger partial charge in [-0.3, -0.25) is 9.63 Å². The average Bonchev–Trinajstić information content (AvgIpc) is 3.54. The molecule has 6 rings (SSSR count). The van der Waals surface area contributed by atoms with Gasteiger partial charge in [0.1, 0.15) is 6.17 Å². The number of esters is 1. The topological polar surface area (TPSA) is 76.1 Å². The van der Waals surface area contributed by atoms with Gasteiger partial charge in [0.15, 0.2) is 17.1 Å². The predicted octanol–water partition coefficient (Wildman–Crippen LogP) is 4.25. The number of carbonyl (C=O) groups is 2. The Kier molecular flexibility index (Phi) is 5.63. The Hall–Kier alpha value is -2.01. The molecule has 1 saturated heterocycles. The van der Waals surface area contributed by atoms with E-state index in [0.29, 0.717) is 19.5 Å². The normalized spacial score (nSPS) is 46.6. The van der Waals surface area contributed by atoms with Gasteiger partial charge in [0.2, 0.25) is 6.86 Å². The lowest BCUT2D eigenvalue weighted by Gasteiger charge is -2.63. The Balaban J connectivity index is 1.42. The number of halogens is 3. The fraction of sp³-hybridized carbons (Fsp3) is 0.630. The van der Waals surface area contributed by atoms with Gasteiger partial charge in [-0.05, 0) is 61.3 Å². The molecule has 4 fully saturated rings. The highest BCUT2D eigenvalue weighted by Gasteiger charge is 2.80. The van der Waals surface area contributed by atoms with Gasteiger partial charge in [-0.2, -0.15) is 5.06 Å². The molecular formula is C27H30F3NO5S. The maximum absolute atomic E-state index is 17.4. The van der Waals surface area contributed by atoms with Gasteiger partial charge < -0.3 is 9.84 Å². The minimum Gasteiger partial charge on any atom is -0.432 e. The highest BCUT2D eigenvalue weighted by atomic mass is 32.1. The van der Waals surface area contributed by atoms with Crippen LogP contribution in [-0.2, 0) is 25.7 Å². The number of fused-ring (bicyclic) bond motifs is 7. The van der Waals surface area contributed by atoms with Crippen molar-refractivity contribution in [2.24, 2.45) is 28.6 Å². The molecular weight excluding hydrogens is 507 g/mol. The molecule has 5 aliphatic rings. The van der Waals surface area contributed by atoms with Crippen molar-refractivity contribution >= 4 is 23.1 Å². The van der Waals surface area contributed by atoms with Crippen molar-refractivity contribution in [3.8, 4) is 0 Å².